The Balaban J connectivity index is 3.29. The summed E-state index contributed by atoms with van der Waals surface area (Å²) < 4.78 is 48.7. The Morgan fingerprint density at radius 3 is 2.15 bits per heavy atom. The van der Waals surface area contributed by atoms with Crippen LogP contribution in [-0.4, -0.2) is 0 Å². The quantitative estimate of drug-likeness (QED) is 0.491. The molecule has 0 aliphatic heterocycles. The Labute approximate surface area is 84.6 Å². The van der Waals surface area contributed by atoms with Gasteiger partial charge in [0, 0.05) is 4.47 Å². The number of benzene rings is 1. The molecule has 0 N–H and O–H groups in total. The standard InChI is InChI=1S/C7H2BrClF4/c8-4-1-3(7(11,12)13)2-5(10)6(4)9/h1-2H. The lowest BCUT2D eigenvalue weighted by molar-refractivity contribution is -0.137. The van der Waals surface area contributed by atoms with Gasteiger partial charge in [0.25, 0.3) is 0 Å². The second kappa shape index (κ2) is 3.46. The summed E-state index contributed by atoms with van der Waals surface area (Å²) >= 11 is 8.03. The van der Waals surface area contributed by atoms with E-state index in [1.54, 1.807) is 0 Å². The summed E-state index contributed by atoms with van der Waals surface area (Å²) in [7, 11) is 0. The van der Waals surface area contributed by atoms with E-state index >= 15 is 0 Å². The number of hydrogen-bond acceptors (Lipinski definition) is 0. The molecule has 0 saturated heterocycles. The highest BCUT2D eigenvalue weighted by Gasteiger charge is 2.31. The molecule has 0 bridgehead atoms. The Bertz CT molecular complexity index is 311. The molecule has 0 nitrogen and oxygen atoms in total. The smallest absolute Gasteiger partial charge is 0.205 e. The van der Waals surface area contributed by atoms with Crippen molar-refractivity contribution in [2.45, 2.75) is 6.18 Å². The molecule has 1 rings (SSSR count). The van der Waals surface area contributed by atoms with Crippen molar-refractivity contribution < 1.29 is 17.6 Å². The Morgan fingerprint density at radius 2 is 1.77 bits per heavy atom. The average Bonchev–Trinajstić information content (AvgIpc) is 1.97. The number of rotatable bonds is 0. The fourth-order valence-corrected chi connectivity index (χ4v) is 1.26. The van der Waals surface area contributed by atoms with Crippen LogP contribution >= 0.6 is 27.5 Å². The molecule has 0 amide bonds. The highest BCUT2D eigenvalue weighted by atomic mass is 79.9. The predicted octanol–water partition coefficient (Wildman–Crippen LogP) is 4.26. The van der Waals surface area contributed by atoms with Crippen molar-refractivity contribution in [1.29, 1.82) is 0 Å². The number of hydrogen-bond donors (Lipinski definition) is 0. The zero-order valence-electron chi connectivity index (χ0n) is 5.92. The van der Waals surface area contributed by atoms with E-state index in [1.165, 1.54) is 0 Å². The summed E-state index contributed by atoms with van der Waals surface area (Å²) in [5.41, 5.74) is -1.07. The van der Waals surface area contributed by atoms with Crippen LogP contribution in [0.1, 0.15) is 5.56 Å². The lowest BCUT2D eigenvalue weighted by atomic mass is 10.2. The predicted molar refractivity (Wildman–Crippen MR) is 44.1 cm³/mol. The van der Waals surface area contributed by atoms with Crippen LogP contribution in [0.15, 0.2) is 16.6 Å². The van der Waals surface area contributed by atoms with Crippen molar-refractivity contribution in [3.8, 4) is 0 Å². The first-order chi connectivity index (χ1) is 5.82. The zero-order valence-corrected chi connectivity index (χ0v) is 8.26. The lowest BCUT2D eigenvalue weighted by Gasteiger charge is -2.07. The van der Waals surface area contributed by atoms with Gasteiger partial charge in [0.15, 0.2) is 0 Å². The summed E-state index contributed by atoms with van der Waals surface area (Å²) in [6.07, 6.45) is -4.56. The van der Waals surface area contributed by atoms with Gasteiger partial charge in [-0.15, -0.1) is 0 Å². The molecule has 0 aliphatic rings. The van der Waals surface area contributed by atoms with Gasteiger partial charge in [-0.25, -0.2) is 4.39 Å². The minimum Gasteiger partial charge on any atom is -0.205 e. The summed E-state index contributed by atoms with van der Waals surface area (Å²) in [6.45, 7) is 0. The molecular formula is C7H2BrClF4. The second-order valence-corrected chi connectivity index (χ2v) is 3.48. The van der Waals surface area contributed by atoms with Crippen LogP contribution in [0.25, 0.3) is 0 Å². The third kappa shape index (κ3) is 2.34. The Kier molecular flexibility index (Phi) is 2.87. The maximum Gasteiger partial charge on any atom is 0.416 e. The van der Waals surface area contributed by atoms with Crippen molar-refractivity contribution in [3.05, 3.63) is 33.0 Å². The molecule has 0 aromatic heterocycles. The third-order valence-corrected chi connectivity index (χ3v) is 2.55. The van der Waals surface area contributed by atoms with Gasteiger partial charge in [-0.05, 0) is 28.1 Å². The normalized spacial score (nSPS) is 11.8. The topological polar surface area (TPSA) is 0 Å². The molecular weight excluding hydrogens is 275 g/mol. The molecule has 0 aliphatic carbocycles. The van der Waals surface area contributed by atoms with Gasteiger partial charge in [0.2, 0.25) is 0 Å². The molecule has 13 heavy (non-hydrogen) atoms. The van der Waals surface area contributed by atoms with Gasteiger partial charge >= 0.3 is 6.18 Å². The van der Waals surface area contributed by atoms with E-state index in [2.05, 4.69) is 15.9 Å². The molecule has 0 heterocycles. The van der Waals surface area contributed by atoms with E-state index < -0.39 is 17.6 Å². The van der Waals surface area contributed by atoms with Crippen LogP contribution in [0.2, 0.25) is 5.02 Å². The molecule has 0 radical (unpaired) electrons. The van der Waals surface area contributed by atoms with E-state index in [0.717, 1.165) is 6.07 Å². The maximum absolute atomic E-state index is 12.7. The summed E-state index contributed by atoms with van der Waals surface area (Å²) in [4.78, 5) is 0. The number of alkyl halides is 3. The Hall–Kier alpha value is -0.290. The molecule has 1 aromatic rings. The van der Waals surface area contributed by atoms with Crippen molar-refractivity contribution in [2.24, 2.45) is 0 Å². The largest absolute Gasteiger partial charge is 0.416 e. The monoisotopic (exact) mass is 276 g/mol. The van der Waals surface area contributed by atoms with Gasteiger partial charge in [-0.3, -0.25) is 0 Å². The molecule has 72 valence electrons. The summed E-state index contributed by atoms with van der Waals surface area (Å²) in [5, 5.41) is -0.354. The van der Waals surface area contributed by atoms with Gasteiger partial charge in [0.05, 0.1) is 10.6 Å². The van der Waals surface area contributed by atoms with E-state index in [0.29, 0.717) is 6.07 Å². The van der Waals surface area contributed by atoms with Crippen molar-refractivity contribution in [2.75, 3.05) is 0 Å². The first-order valence-electron chi connectivity index (χ1n) is 3.04. The fourth-order valence-electron chi connectivity index (χ4n) is 0.719. The minimum absolute atomic E-state index is 0.110. The maximum atomic E-state index is 12.7. The zero-order chi connectivity index (χ0) is 10.2. The van der Waals surface area contributed by atoms with E-state index in [9.17, 15) is 17.6 Å². The van der Waals surface area contributed by atoms with Gasteiger partial charge in [0.1, 0.15) is 5.82 Å². The highest BCUT2D eigenvalue weighted by Crippen LogP contribution is 2.35. The molecule has 6 heteroatoms. The molecule has 0 saturated carbocycles. The van der Waals surface area contributed by atoms with Gasteiger partial charge < -0.3 is 0 Å². The molecule has 0 unspecified atom stereocenters. The Morgan fingerprint density at radius 1 is 1.23 bits per heavy atom. The van der Waals surface area contributed by atoms with Crippen LogP contribution in [0.3, 0.4) is 0 Å². The van der Waals surface area contributed by atoms with Crippen LogP contribution in [-0.2, 0) is 6.18 Å². The summed E-state index contributed by atoms with van der Waals surface area (Å²) in [6, 6.07) is 1.08. The van der Waals surface area contributed by atoms with Crippen molar-refractivity contribution >= 4 is 27.5 Å². The third-order valence-electron chi connectivity index (χ3n) is 1.31. The fraction of sp³-hybridized carbons (Fsp3) is 0.143. The molecule has 0 fully saturated rings. The van der Waals surface area contributed by atoms with Gasteiger partial charge in [-0.2, -0.15) is 13.2 Å². The van der Waals surface area contributed by atoms with Crippen LogP contribution in [0.5, 0.6) is 0 Å². The van der Waals surface area contributed by atoms with Crippen LogP contribution in [0, 0.1) is 5.82 Å². The van der Waals surface area contributed by atoms with Gasteiger partial charge in [-0.1, -0.05) is 11.6 Å². The van der Waals surface area contributed by atoms with E-state index in [-0.39, 0.29) is 9.50 Å². The van der Waals surface area contributed by atoms with E-state index in [1.807, 2.05) is 0 Å². The lowest BCUT2D eigenvalue weighted by Crippen LogP contribution is -2.05. The first-order valence-corrected chi connectivity index (χ1v) is 4.21. The molecule has 0 atom stereocenters. The molecule has 1 aromatic carbocycles. The summed E-state index contributed by atoms with van der Waals surface area (Å²) in [5.74, 6) is -1.09. The van der Waals surface area contributed by atoms with Crippen LogP contribution < -0.4 is 0 Å². The number of halogens is 6. The molecule has 0 spiro atoms. The second-order valence-electron chi connectivity index (χ2n) is 2.25. The first kappa shape index (κ1) is 10.8. The van der Waals surface area contributed by atoms with E-state index in [4.69, 9.17) is 11.6 Å². The average molecular weight is 277 g/mol. The van der Waals surface area contributed by atoms with Crippen LogP contribution in [0.4, 0.5) is 17.6 Å². The highest BCUT2D eigenvalue weighted by molar-refractivity contribution is 9.10. The van der Waals surface area contributed by atoms with Crippen molar-refractivity contribution in [1.82, 2.24) is 0 Å². The van der Waals surface area contributed by atoms with Crippen molar-refractivity contribution in [3.63, 3.8) is 0 Å². The minimum atomic E-state index is -4.56. The SMILES string of the molecule is Fc1cc(C(F)(F)F)cc(Br)c1Cl.